The molecule has 0 bridgehead atoms. The van der Waals surface area contributed by atoms with Crippen LogP contribution in [0.1, 0.15) is 42.9 Å². The number of carbonyl (C=O) groups is 1. The Morgan fingerprint density at radius 3 is 2.62 bits per heavy atom. The van der Waals surface area contributed by atoms with Crippen molar-refractivity contribution in [3.8, 4) is 0 Å². The van der Waals surface area contributed by atoms with Crippen molar-refractivity contribution in [2.75, 3.05) is 13.1 Å². The van der Waals surface area contributed by atoms with E-state index in [1.165, 1.54) is 27.7 Å². The van der Waals surface area contributed by atoms with Crippen molar-refractivity contribution in [1.82, 2.24) is 14.6 Å². The molecule has 1 N–H and O–H groups in total. The van der Waals surface area contributed by atoms with E-state index >= 15 is 0 Å². The lowest BCUT2D eigenvalue weighted by atomic mass is 9.87. The molecule has 2 heterocycles. The van der Waals surface area contributed by atoms with Gasteiger partial charge in [-0.3, -0.25) is 4.79 Å². The van der Waals surface area contributed by atoms with E-state index in [0.717, 1.165) is 19.3 Å². The molecule has 1 aliphatic carbocycles. The average molecular weight is 434 g/mol. The van der Waals surface area contributed by atoms with Gasteiger partial charge in [0.15, 0.2) is 0 Å². The highest BCUT2D eigenvalue weighted by Gasteiger charge is 2.34. The van der Waals surface area contributed by atoms with Crippen molar-refractivity contribution in [2.24, 2.45) is 5.92 Å². The monoisotopic (exact) mass is 433 g/mol. The molecule has 1 unspecified atom stereocenters. The molecular formula is C21H24ClN3O3S. The molecule has 1 amide bonds. The van der Waals surface area contributed by atoms with E-state index in [4.69, 9.17) is 11.6 Å². The van der Waals surface area contributed by atoms with Crippen LogP contribution in [0.3, 0.4) is 0 Å². The third-order valence-corrected chi connectivity index (χ3v) is 8.20. The van der Waals surface area contributed by atoms with Gasteiger partial charge in [0, 0.05) is 25.2 Å². The standard InChI is InChI=1S/C21H24ClN3O3S/c22-20-19(9-4-12-23-20)29(27,28)25-13-10-16(11-14-25)21(26)24-18-8-3-6-15-5-1-2-7-17(15)18/h1-2,4-5,7,9,12,16,18H,3,6,8,10-11,13-14H2,(H,24,26). The highest BCUT2D eigenvalue weighted by molar-refractivity contribution is 7.89. The van der Waals surface area contributed by atoms with Gasteiger partial charge in [-0.05, 0) is 55.4 Å². The predicted octanol–water partition coefficient (Wildman–Crippen LogP) is 3.33. The Morgan fingerprint density at radius 2 is 1.86 bits per heavy atom. The third kappa shape index (κ3) is 4.17. The molecule has 0 radical (unpaired) electrons. The number of rotatable bonds is 4. The Balaban J connectivity index is 1.39. The number of halogens is 1. The number of nitrogens with one attached hydrogen (secondary N) is 1. The third-order valence-electron chi connectivity index (χ3n) is 5.85. The lowest BCUT2D eigenvalue weighted by Gasteiger charge is -2.32. The molecule has 1 aliphatic heterocycles. The summed E-state index contributed by atoms with van der Waals surface area (Å²) in [5, 5.41) is 3.18. The molecule has 1 aromatic carbocycles. The number of hydrogen-bond donors (Lipinski definition) is 1. The van der Waals surface area contributed by atoms with Crippen molar-refractivity contribution in [1.29, 1.82) is 0 Å². The Bertz CT molecular complexity index is 1000. The summed E-state index contributed by atoms with van der Waals surface area (Å²) in [6.45, 7) is 0.597. The molecular weight excluding hydrogens is 410 g/mol. The summed E-state index contributed by atoms with van der Waals surface area (Å²) in [5.41, 5.74) is 2.51. The summed E-state index contributed by atoms with van der Waals surface area (Å²) in [4.78, 5) is 16.7. The van der Waals surface area contributed by atoms with Crippen LogP contribution in [-0.4, -0.2) is 36.7 Å². The number of aryl methyl sites for hydroxylation is 1. The molecule has 6 nitrogen and oxygen atoms in total. The molecule has 4 rings (SSSR count). The molecule has 154 valence electrons. The number of hydrogen-bond acceptors (Lipinski definition) is 4. The van der Waals surface area contributed by atoms with Gasteiger partial charge in [-0.1, -0.05) is 35.9 Å². The lowest BCUT2D eigenvalue weighted by Crippen LogP contribution is -2.44. The van der Waals surface area contributed by atoms with Crippen LogP contribution in [0.15, 0.2) is 47.5 Å². The van der Waals surface area contributed by atoms with E-state index in [2.05, 4.69) is 22.4 Å². The SMILES string of the molecule is O=C(NC1CCCc2ccccc21)C1CCN(S(=O)(=O)c2cccnc2Cl)CC1. The smallest absolute Gasteiger partial charge is 0.246 e. The second kappa shape index (κ2) is 8.42. The first-order valence-corrected chi connectivity index (χ1v) is 11.8. The maximum absolute atomic E-state index is 12.8. The van der Waals surface area contributed by atoms with E-state index in [9.17, 15) is 13.2 Å². The number of aromatic nitrogens is 1. The number of nitrogens with zero attached hydrogens (tertiary/aromatic N) is 2. The average Bonchev–Trinajstić information content (AvgIpc) is 2.74. The summed E-state index contributed by atoms with van der Waals surface area (Å²) < 4.78 is 27.1. The molecule has 2 aliphatic rings. The fourth-order valence-electron chi connectivity index (χ4n) is 4.25. The van der Waals surface area contributed by atoms with E-state index in [1.54, 1.807) is 6.07 Å². The van der Waals surface area contributed by atoms with Crippen LogP contribution in [-0.2, 0) is 21.2 Å². The van der Waals surface area contributed by atoms with Crippen LogP contribution < -0.4 is 5.32 Å². The first-order valence-electron chi connectivity index (χ1n) is 9.95. The van der Waals surface area contributed by atoms with Crippen molar-refractivity contribution in [2.45, 2.75) is 43.0 Å². The first-order chi connectivity index (χ1) is 14.0. The van der Waals surface area contributed by atoms with Crippen LogP contribution in [0.2, 0.25) is 5.15 Å². The quantitative estimate of drug-likeness (QED) is 0.750. The topological polar surface area (TPSA) is 79.4 Å². The summed E-state index contributed by atoms with van der Waals surface area (Å²) in [5.74, 6) is -0.164. The minimum Gasteiger partial charge on any atom is -0.349 e. The Labute approximate surface area is 176 Å². The van der Waals surface area contributed by atoms with Crippen molar-refractivity contribution in [3.63, 3.8) is 0 Å². The van der Waals surface area contributed by atoms with Crippen LogP contribution in [0.4, 0.5) is 0 Å². The molecule has 29 heavy (non-hydrogen) atoms. The highest BCUT2D eigenvalue weighted by atomic mass is 35.5. The number of benzene rings is 1. The maximum Gasteiger partial charge on any atom is 0.246 e. The fraction of sp³-hybridized carbons (Fsp3) is 0.429. The lowest BCUT2D eigenvalue weighted by molar-refractivity contribution is -0.127. The number of carbonyl (C=O) groups excluding carboxylic acids is 1. The van der Waals surface area contributed by atoms with Gasteiger partial charge in [0.1, 0.15) is 10.0 Å². The number of sulfonamides is 1. The van der Waals surface area contributed by atoms with E-state index in [0.29, 0.717) is 25.9 Å². The van der Waals surface area contributed by atoms with Crippen molar-refractivity contribution >= 4 is 27.5 Å². The van der Waals surface area contributed by atoms with Gasteiger partial charge in [0.25, 0.3) is 0 Å². The van der Waals surface area contributed by atoms with Crippen molar-refractivity contribution in [3.05, 3.63) is 58.9 Å². The Kier molecular flexibility index (Phi) is 5.90. The first kappa shape index (κ1) is 20.3. The Hall–Kier alpha value is -1.96. The van der Waals surface area contributed by atoms with Gasteiger partial charge in [-0.25, -0.2) is 13.4 Å². The van der Waals surface area contributed by atoms with Crippen molar-refractivity contribution < 1.29 is 13.2 Å². The van der Waals surface area contributed by atoms with Gasteiger partial charge in [-0.2, -0.15) is 4.31 Å². The second-order valence-corrected chi connectivity index (χ2v) is 9.89. The van der Waals surface area contributed by atoms with E-state index < -0.39 is 10.0 Å². The fourth-order valence-corrected chi connectivity index (χ4v) is 6.15. The molecule has 1 fully saturated rings. The maximum atomic E-state index is 12.8. The summed E-state index contributed by atoms with van der Waals surface area (Å²) >= 11 is 5.98. The van der Waals surface area contributed by atoms with Gasteiger partial charge in [0.2, 0.25) is 15.9 Å². The summed E-state index contributed by atoms with van der Waals surface area (Å²) in [6.07, 6.45) is 5.51. The zero-order chi connectivity index (χ0) is 20.4. The van der Waals surface area contributed by atoms with E-state index in [-0.39, 0.29) is 27.9 Å². The minimum absolute atomic E-state index is 0.0168. The number of pyridine rings is 1. The van der Waals surface area contributed by atoms with Crippen LogP contribution in [0.25, 0.3) is 0 Å². The molecule has 2 aromatic rings. The molecule has 1 saturated heterocycles. The van der Waals surface area contributed by atoms with Crippen LogP contribution in [0, 0.1) is 5.92 Å². The number of piperidine rings is 1. The number of amides is 1. The normalized spacial score (nSPS) is 20.8. The van der Waals surface area contributed by atoms with Crippen LogP contribution in [0.5, 0.6) is 0 Å². The molecule has 8 heteroatoms. The zero-order valence-electron chi connectivity index (χ0n) is 16.1. The second-order valence-electron chi connectivity index (χ2n) is 7.62. The number of fused-ring (bicyclic) bond motifs is 1. The van der Waals surface area contributed by atoms with Gasteiger partial charge < -0.3 is 5.32 Å². The zero-order valence-corrected chi connectivity index (χ0v) is 17.6. The molecule has 0 spiro atoms. The van der Waals surface area contributed by atoms with Gasteiger partial charge >= 0.3 is 0 Å². The molecule has 1 aromatic heterocycles. The Morgan fingerprint density at radius 1 is 1.10 bits per heavy atom. The predicted molar refractivity (Wildman–Crippen MR) is 111 cm³/mol. The summed E-state index contributed by atoms with van der Waals surface area (Å²) in [7, 11) is -3.70. The highest BCUT2D eigenvalue weighted by Crippen LogP contribution is 2.31. The van der Waals surface area contributed by atoms with Gasteiger partial charge in [0.05, 0.1) is 6.04 Å². The largest absolute Gasteiger partial charge is 0.349 e. The summed E-state index contributed by atoms with van der Waals surface area (Å²) in [6, 6.07) is 11.3. The molecule has 1 atom stereocenters. The van der Waals surface area contributed by atoms with Gasteiger partial charge in [-0.15, -0.1) is 0 Å². The molecule has 0 saturated carbocycles. The minimum atomic E-state index is -3.70. The van der Waals surface area contributed by atoms with Crippen LogP contribution >= 0.6 is 11.6 Å². The van der Waals surface area contributed by atoms with E-state index in [1.807, 2.05) is 12.1 Å².